The summed E-state index contributed by atoms with van der Waals surface area (Å²) < 4.78 is 2.10. The summed E-state index contributed by atoms with van der Waals surface area (Å²) in [5.41, 5.74) is 13.7. The Morgan fingerprint density at radius 2 is 1.87 bits per heavy atom. The zero-order valence-corrected chi connectivity index (χ0v) is 14.7. The molecule has 23 heavy (non-hydrogen) atoms. The number of aryl methyl sites for hydroxylation is 3. The number of imidazole rings is 1. The van der Waals surface area contributed by atoms with Crippen molar-refractivity contribution < 1.29 is 0 Å². The predicted molar refractivity (Wildman–Crippen MR) is 100 cm³/mol. The quantitative estimate of drug-likeness (QED) is 0.730. The molecule has 0 aliphatic heterocycles. The van der Waals surface area contributed by atoms with Crippen LogP contribution in [0.25, 0.3) is 16.9 Å². The summed E-state index contributed by atoms with van der Waals surface area (Å²) >= 11 is 5.25. The van der Waals surface area contributed by atoms with Crippen molar-refractivity contribution in [2.75, 3.05) is 0 Å². The number of rotatable bonds is 3. The highest BCUT2D eigenvalue weighted by atomic mass is 32.1. The molecule has 0 aliphatic rings. The van der Waals surface area contributed by atoms with Gasteiger partial charge in [-0.1, -0.05) is 31.3 Å². The molecule has 0 fully saturated rings. The summed E-state index contributed by atoms with van der Waals surface area (Å²) in [6.45, 7) is 8.34. The van der Waals surface area contributed by atoms with E-state index in [4.69, 9.17) is 22.9 Å². The zero-order chi connectivity index (χ0) is 16.7. The van der Waals surface area contributed by atoms with Crippen LogP contribution in [0, 0.1) is 20.8 Å². The van der Waals surface area contributed by atoms with Gasteiger partial charge >= 0.3 is 0 Å². The summed E-state index contributed by atoms with van der Waals surface area (Å²) in [5, 5.41) is 0. The Kier molecular flexibility index (Phi) is 3.94. The van der Waals surface area contributed by atoms with Crippen molar-refractivity contribution in [3.05, 3.63) is 58.9 Å². The molecule has 3 rings (SSSR count). The Morgan fingerprint density at radius 1 is 1.13 bits per heavy atom. The van der Waals surface area contributed by atoms with E-state index in [1.165, 1.54) is 16.7 Å². The standard InChI is InChI=1S/C19H21N3S/c1-11-7-8-22-16(9-11)21-17(18(22)14(4)19(20)23)15-6-5-12(2)13(3)10-15/h5-10,14H,1-4H3,(H2,20,23). The van der Waals surface area contributed by atoms with Crippen LogP contribution in [0.2, 0.25) is 0 Å². The highest BCUT2D eigenvalue weighted by Crippen LogP contribution is 2.31. The number of hydrogen-bond acceptors (Lipinski definition) is 2. The fourth-order valence-electron chi connectivity index (χ4n) is 2.82. The van der Waals surface area contributed by atoms with Crippen molar-refractivity contribution in [2.45, 2.75) is 33.6 Å². The van der Waals surface area contributed by atoms with E-state index in [0.717, 1.165) is 22.6 Å². The molecule has 2 heterocycles. The van der Waals surface area contributed by atoms with Gasteiger partial charge < -0.3 is 10.1 Å². The lowest BCUT2D eigenvalue weighted by atomic mass is 9.99. The molecule has 0 amide bonds. The maximum absolute atomic E-state index is 5.94. The molecule has 2 N–H and O–H groups in total. The van der Waals surface area contributed by atoms with Gasteiger partial charge in [-0.15, -0.1) is 0 Å². The fourth-order valence-corrected chi connectivity index (χ4v) is 2.93. The Balaban J connectivity index is 2.32. The molecular formula is C19H21N3S. The summed E-state index contributed by atoms with van der Waals surface area (Å²) in [7, 11) is 0. The monoisotopic (exact) mass is 323 g/mol. The molecule has 0 radical (unpaired) electrons. The van der Waals surface area contributed by atoms with Crippen LogP contribution >= 0.6 is 12.2 Å². The molecule has 0 aliphatic carbocycles. The van der Waals surface area contributed by atoms with Crippen molar-refractivity contribution in [3.8, 4) is 11.3 Å². The molecule has 1 aromatic carbocycles. The average molecular weight is 323 g/mol. The third kappa shape index (κ3) is 2.75. The molecule has 4 heteroatoms. The van der Waals surface area contributed by atoms with Crippen LogP contribution < -0.4 is 5.73 Å². The van der Waals surface area contributed by atoms with Crippen LogP contribution in [-0.4, -0.2) is 14.4 Å². The van der Waals surface area contributed by atoms with E-state index in [1.807, 2.05) is 13.1 Å². The minimum Gasteiger partial charge on any atom is -0.393 e. The van der Waals surface area contributed by atoms with Gasteiger partial charge in [-0.25, -0.2) is 4.98 Å². The third-order valence-corrected chi connectivity index (χ3v) is 4.79. The number of aromatic nitrogens is 2. The molecule has 0 saturated carbocycles. The number of thiocarbonyl (C=S) groups is 1. The molecule has 1 unspecified atom stereocenters. The lowest BCUT2D eigenvalue weighted by molar-refractivity contribution is 0.929. The number of nitrogens with two attached hydrogens (primary N) is 1. The van der Waals surface area contributed by atoms with E-state index < -0.39 is 0 Å². The number of pyridine rings is 1. The number of hydrogen-bond donors (Lipinski definition) is 1. The number of benzene rings is 1. The molecule has 118 valence electrons. The van der Waals surface area contributed by atoms with Gasteiger partial charge in [0.2, 0.25) is 0 Å². The van der Waals surface area contributed by atoms with Crippen LogP contribution in [0.1, 0.15) is 35.2 Å². The van der Waals surface area contributed by atoms with Crippen LogP contribution in [0.5, 0.6) is 0 Å². The molecule has 2 aromatic heterocycles. The minimum atomic E-state index is -0.0423. The maximum atomic E-state index is 5.94. The molecule has 3 nitrogen and oxygen atoms in total. The summed E-state index contributed by atoms with van der Waals surface area (Å²) in [5.74, 6) is -0.0423. The van der Waals surface area contributed by atoms with Gasteiger partial charge in [0.25, 0.3) is 0 Å². The summed E-state index contributed by atoms with van der Waals surface area (Å²) in [6.07, 6.45) is 2.05. The van der Waals surface area contributed by atoms with E-state index in [-0.39, 0.29) is 5.92 Å². The van der Waals surface area contributed by atoms with E-state index in [0.29, 0.717) is 4.99 Å². The van der Waals surface area contributed by atoms with Gasteiger partial charge in [0.15, 0.2) is 0 Å². The first-order chi connectivity index (χ1) is 10.9. The molecular weight excluding hydrogens is 302 g/mol. The first-order valence-electron chi connectivity index (χ1n) is 7.74. The first-order valence-corrected chi connectivity index (χ1v) is 8.15. The smallest absolute Gasteiger partial charge is 0.137 e. The maximum Gasteiger partial charge on any atom is 0.137 e. The topological polar surface area (TPSA) is 43.3 Å². The molecule has 0 bridgehead atoms. The fraction of sp³-hybridized carbons (Fsp3) is 0.263. The lowest BCUT2D eigenvalue weighted by Crippen LogP contribution is -2.18. The Bertz CT molecular complexity index is 908. The van der Waals surface area contributed by atoms with Crippen molar-refractivity contribution in [3.63, 3.8) is 0 Å². The van der Waals surface area contributed by atoms with Gasteiger partial charge in [-0.05, 0) is 55.7 Å². The van der Waals surface area contributed by atoms with Crippen LogP contribution in [0.3, 0.4) is 0 Å². The lowest BCUT2D eigenvalue weighted by Gasteiger charge is -2.13. The SMILES string of the molecule is Cc1ccn2c(C(C)C(N)=S)c(-c3ccc(C)c(C)c3)nc2c1. The summed E-state index contributed by atoms with van der Waals surface area (Å²) in [6, 6.07) is 10.6. The van der Waals surface area contributed by atoms with Crippen molar-refractivity contribution in [2.24, 2.45) is 5.73 Å². The second-order valence-electron chi connectivity index (χ2n) is 6.20. The number of nitrogens with zero attached hydrogens (tertiary/aromatic N) is 2. The highest BCUT2D eigenvalue weighted by Gasteiger charge is 2.21. The van der Waals surface area contributed by atoms with Crippen molar-refractivity contribution in [1.29, 1.82) is 0 Å². The second-order valence-corrected chi connectivity index (χ2v) is 6.67. The van der Waals surface area contributed by atoms with Crippen LogP contribution in [0.15, 0.2) is 36.5 Å². The first kappa shape index (κ1) is 15.7. The zero-order valence-electron chi connectivity index (χ0n) is 13.9. The number of fused-ring (bicyclic) bond motifs is 1. The molecule has 1 atom stereocenters. The predicted octanol–water partition coefficient (Wildman–Crippen LogP) is 4.32. The van der Waals surface area contributed by atoms with Gasteiger partial charge in [0.05, 0.1) is 16.4 Å². The summed E-state index contributed by atoms with van der Waals surface area (Å²) in [4.78, 5) is 5.35. The third-order valence-electron chi connectivity index (χ3n) is 4.44. The van der Waals surface area contributed by atoms with Gasteiger partial charge in [-0.2, -0.15) is 0 Å². The second kappa shape index (κ2) is 5.78. The highest BCUT2D eigenvalue weighted by molar-refractivity contribution is 7.80. The van der Waals surface area contributed by atoms with Crippen LogP contribution in [-0.2, 0) is 0 Å². The van der Waals surface area contributed by atoms with Gasteiger partial charge in [0, 0.05) is 17.7 Å². The van der Waals surface area contributed by atoms with Crippen LogP contribution in [0.4, 0.5) is 0 Å². The Labute approximate surface area is 142 Å². The minimum absolute atomic E-state index is 0.0423. The van der Waals surface area contributed by atoms with E-state index in [1.54, 1.807) is 0 Å². The Hall–Kier alpha value is -2.20. The van der Waals surface area contributed by atoms with E-state index in [2.05, 4.69) is 55.5 Å². The largest absolute Gasteiger partial charge is 0.393 e. The normalized spacial score (nSPS) is 12.5. The van der Waals surface area contributed by atoms with E-state index >= 15 is 0 Å². The average Bonchev–Trinajstić information content (AvgIpc) is 2.87. The van der Waals surface area contributed by atoms with Crippen molar-refractivity contribution in [1.82, 2.24) is 9.38 Å². The Morgan fingerprint density at radius 3 is 2.52 bits per heavy atom. The molecule has 0 spiro atoms. The van der Waals surface area contributed by atoms with Gasteiger partial charge in [0.1, 0.15) is 5.65 Å². The van der Waals surface area contributed by atoms with Crippen molar-refractivity contribution >= 4 is 22.9 Å². The van der Waals surface area contributed by atoms with Gasteiger partial charge in [-0.3, -0.25) is 0 Å². The molecule has 3 aromatic rings. The van der Waals surface area contributed by atoms with E-state index in [9.17, 15) is 0 Å². The molecule has 0 saturated heterocycles.